The monoisotopic (exact) mass is 369 g/mol. The zero-order valence-corrected chi connectivity index (χ0v) is 15.0. The molecule has 2 aromatic rings. The van der Waals surface area contributed by atoms with Crippen LogP contribution in [0, 0.1) is 12.8 Å². The lowest BCUT2D eigenvalue weighted by Crippen LogP contribution is -2.34. The molecule has 24 heavy (non-hydrogen) atoms. The minimum atomic E-state index is -3.79. The van der Waals surface area contributed by atoms with Crippen LogP contribution < -0.4 is 9.46 Å². The molecule has 2 rings (SSSR count). The van der Waals surface area contributed by atoms with E-state index in [4.69, 9.17) is 4.74 Å². The van der Waals surface area contributed by atoms with Gasteiger partial charge >= 0.3 is 5.97 Å². The van der Waals surface area contributed by atoms with Crippen molar-refractivity contribution in [2.75, 3.05) is 13.7 Å². The molecule has 130 valence electrons. The third kappa shape index (κ3) is 4.56. The van der Waals surface area contributed by atoms with Crippen molar-refractivity contribution in [1.82, 2.24) is 4.72 Å². The summed E-state index contributed by atoms with van der Waals surface area (Å²) >= 11 is 1.45. The number of thiophene rings is 1. The van der Waals surface area contributed by atoms with Gasteiger partial charge in [-0.05, 0) is 48.6 Å². The lowest BCUT2D eigenvalue weighted by Gasteiger charge is -2.14. The number of aryl methyl sites for hydroxylation is 1. The zero-order valence-electron chi connectivity index (χ0n) is 13.4. The van der Waals surface area contributed by atoms with Crippen LogP contribution >= 0.6 is 11.3 Å². The molecule has 0 aliphatic heterocycles. The van der Waals surface area contributed by atoms with Crippen molar-refractivity contribution in [3.63, 3.8) is 0 Å². The van der Waals surface area contributed by atoms with Crippen molar-refractivity contribution in [3.05, 3.63) is 46.2 Å². The predicted octanol–water partition coefficient (Wildman–Crippen LogP) is 2.29. The normalized spacial score (nSPS) is 12.8. The van der Waals surface area contributed by atoms with Gasteiger partial charge in [-0.15, -0.1) is 11.3 Å². The first kappa shape index (κ1) is 18.4. The number of ether oxygens (including phenoxy) is 1. The number of carboxylic acids is 1. The van der Waals surface area contributed by atoms with E-state index in [2.05, 4.69) is 4.72 Å². The van der Waals surface area contributed by atoms with Crippen molar-refractivity contribution in [2.24, 2.45) is 5.92 Å². The van der Waals surface area contributed by atoms with Crippen LogP contribution in [0.15, 0.2) is 40.6 Å². The van der Waals surface area contributed by atoms with Gasteiger partial charge in [-0.3, -0.25) is 4.79 Å². The molecule has 8 heteroatoms. The van der Waals surface area contributed by atoms with Gasteiger partial charge in [0.05, 0.1) is 17.9 Å². The highest BCUT2D eigenvalue weighted by Crippen LogP contribution is 2.21. The van der Waals surface area contributed by atoms with E-state index < -0.39 is 21.9 Å². The maximum Gasteiger partial charge on any atom is 0.308 e. The molecule has 0 saturated heterocycles. The summed E-state index contributed by atoms with van der Waals surface area (Å²) in [7, 11) is -2.29. The fourth-order valence-corrected chi connectivity index (χ4v) is 4.35. The third-order valence-electron chi connectivity index (χ3n) is 3.57. The van der Waals surface area contributed by atoms with Gasteiger partial charge in [-0.1, -0.05) is 6.07 Å². The second-order valence-electron chi connectivity index (χ2n) is 5.30. The average molecular weight is 369 g/mol. The highest BCUT2D eigenvalue weighted by Gasteiger charge is 2.23. The zero-order chi connectivity index (χ0) is 17.7. The molecule has 1 aromatic carbocycles. The molecule has 0 fully saturated rings. The molecule has 2 N–H and O–H groups in total. The molecule has 0 bridgehead atoms. The first-order chi connectivity index (χ1) is 11.3. The quantitative estimate of drug-likeness (QED) is 0.745. The van der Waals surface area contributed by atoms with Crippen LogP contribution in [0.4, 0.5) is 0 Å². The summed E-state index contributed by atoms with van der Waals surface area (Å²) in [6.07, 6.45) is 0.289. The molecule has 0 aliphatic carbocycles. The molecular formula is C16H19NO5S2. The number of hydrogen-bond donors (Lipinski definition) is 2. The summed E-state index contributed by atoms with van der Waals surface area (Å²) in [6.45, 7) is 1.50. The first-order valence-electron chi connectivity index (χ1n) is 7.23. The summed E-state index contributed by atoms with van der Waals surface area (Å²) in [5, 5.41) is 11.2. The van der Waals surface area contributed by atoms with Crippen LogP contribution in [-0.2, 0) is 21.2 Å². The summed E-state index contributed by atoms with van der Waals surface area (Å²) in [6, 6.07) is 8.30. The Morgan fingerprint density at radius 3 is 2.67 bits per heavy atom. The van der Waals surface area contributed by atoms with E-state index >= 15 is 0 Å². The van der Waals surface area contributed by atoms with Crippen molar-refractivity contribution in [3.8, 4) is 5.75 Å². The summed E-state index contributed by atoms with van der Waals surface area (Å²) in [4.78, 5) is 12.4. The van der Waals surface area contributed by atoms with Crippen LogP contribution in [0.3, 0.4) is 0 Å². The van der Waals surface area contributed by atoms with E-state index in [0.29, 0.717) is 11.3 Å². The molecule has 0 amide bonds. The highest BCUT2D eigenvalue weighted by atomic mass is 32.2. The molecule has 0 unspecified atom stereocenters. The molecule has 0 saturated carbocycles. The Bertz CT molecular complexity index is 800. The number of carboxylic acid groups (broad SMARTS) is 1. The number of nitrogens with one attached hydrogen (secondary N) is 1. The van der Waals surface area contributed by atoms with Crippen molar-refractivity contribution >= 4 is 27.3 Å². The Hall–Kier alpha value is -1.90. The van der Waals surface area contributed by atoms with E-state index in [1.807, 2.05) is 17.5 Å². The molecular weight excluding hydrogens is 350 g/mol. The number of aliphatic carboxylic acids is 1. The molecule has 1 aromatic heterocycles. The highest BCUT2D eigenvalue weighted by molar-refractivity contribution is 7.89. The minimum Gasteiger partial charge on any atom is -0.497 e. The minimum absolute atomic E-state index is 0.114. The van der Waals surface area contributed by atoms with E-state index in [1.54, 1.807) is 19.1 Å². The van der Waals surface area contributed by atoms with Gasteiger partial charge in [0.1, 0.15) is 5.75 Å². The summed E-state index contributed by atoms with van der Waals surface area (Å²) < 4.78 is 32.3. The average Bonchev–Trinajstić information content (AvgIpc) is 3.03. The molecule has 1 atom stereocenters. The topological polar surface area (TPSA) is 92.7 Å². The summed E-state index contributed by atoms with van der Waals surface area (Å²) in [5.74, 6) is -1.29. The van der Waals surface area contributed by atoms with E-state index in [0.717, 1.165) is 4.88 Å². The number of methoxy groups -OCH3 is 1. The van der Waals surface area contributed by atoms with Crippen LogP contribution in [0.25, 0.3) is 0 Å². The fourth-order valence-electron chi connectivity index (χ4n) is 2.26. The second kappa shape index (κ2) is 7.78. The Morgan fingerprint density at radius 2 is 2.12 bits per heavy atom. The van der Waals surface area contributed by atoms with Crippen LogP contribution in [0.5, 0.6) is 5.75 Å². The van der Waals surface area contributed by atoms with Gasteiger partial charge in [0.15, 0.2) is 0 Å². The Balaban J connectivity index is 2.11. The van der Waals surface area contributed by atoms with Crippen LogP contribution in [0.1, 0.15) is 10.4 Å². The standard InChI is InChI=1S/C16H19NO5S2/c1-11-8-13(22-2)5-6-15(11)24(20,21)17-10-12(16(18)19)9-14-4-3-7-23-14/h3-8,12,17H,9-10H2,1-2H3,(H,18,19)/t12-/m0/s1. The number of benzene rings is 1. The number of hydrogen-bond acceptors (Lipinski definition) is 5. The van der Waals surface area contributed by atoms with E-state index in [1.165, 1.54) is 24.5 Å². The second-order valence-corrected chi connectivity index (χ2v) is 8.07. The predicted molar refractivity (Wildman–Crippen MR) is 92.1 cm³/mol. The Labute approximate surface area is 145 Å². The van der Waals surface area contributed by atoms with Crippen molar-refractivity contribution < 1.29 is 23.1 Å². The van der Waals surface area contributed by atoms with Gasteiger partial charge in [-0.25, -0.2) is 13.1 Å². The lowest BCUT2D eigenvalue weighted by atomic mass is 10.1. The van der Waals surface area contributed by atoms with Crippen LogP contribution in [0.2, 0.25) is 0 Å². The molecule has 0 spiro atoms. The van der Waals surface area contributed by atoms with Gasteiger partial charge in [0, 0.05) is 11.4 Å². The Kier molecular flexibility index (Phi) is 5.98. The number of sulfonamides is 1. The van der Waals surface area contributed by atoms with E-state index in [9.17, 15) is 18.3 Å². The molecule has 0 aliphatic rings. The van der Waals surface area contributed by atoms with Gasteiger partial charge in [0.2, 0.25) is 10.0 Å². The molecule has 0 radical (unpaired) electrons. The Morgan fingerprint density at radius 1 is 1.38 bits per heavy atom. The van der Waals surface area contributed by atoms with Gasteiger partial charge in [0.25, 0.3) is 0 Å². The largest absolute Gasteiger partial charge is 0.497 e. The van der Waals surface area contributed by atoms with Crippen molar-refractivity contribution in [1.29, 1.82) is 0 Å². The summed E-state index contributed by atoms with van der Waals surface area (Å²) in [5.41, 5.74) is 0.534. The van der Waals surface area contributed by atoms with Crippen molar-refractivity contribution in [2.45, 2.75) is 18.2 Å². The van der Waals surface area contributed by atoms with Crippen LogP contribution in [-0.4, -0.2) is 33.1 Å². The maximum atomic E-state index is 12.4. The molecule has 6 nitrogen and oxygen atoms in total. The lowest BCUT2D eigenvalue weighted by molar-refractivity contribution is -0.141. The first-order valence-corrected chi connectivity index (χ1v) is 9.59. The fraction of sp³-hybridized carbons (Fsp3) is 0.312. The third-order valence-corrected chi connectivity index (χ3v) is 6.05. The van der Waals surface area contributed by atoms with E-state index in [-0.39, 0.29) is 17.9 Å². The SMILES string of the molecule is COc1ccc(S(=O)(=O)NC[C@H](Cc2cccs2)C(=O)O)c(C)c1. The maximum absolute atomic E-state index is 12.4. The smallest absolute Gasteiger partial charge is 0.308 e. The number of rotatable bonds is 8. The number of carbonyl (C=O) groups is 1. The van der Waals surface area contributed by atoms with Gasteiger partial charge in [-0.2, -0.15) is 0 Å². The van der Waals surface area contributed by atoms with Gasteiger partial charge < -0.3 is 9.84 Å². The molecule has 1 heterocycles.